The topological polar surface area (TPSA) is 107 Å². The van der Waals surface area contributed by atoms with E-state index in [9.17, 15) is 9.59 Å². The molecule has 3 amide bonds. The predicted octanol–water partition coefficient (Wildman–Crippen LogP) is 1.98. The zero-order valence-corrected chi connectivity index (χ0v) is 15.7. The molecular weight excluding hydrogens is 346 g/mol. The molecule has 0 saturated carbocycles. The van der Waals surface area contributed by atoms with Crippen LogP contribution in [0.15, 0.2) is 24.4 Å². The maximum absolute atomic E-state index is 12.6. The summed E-state index contributed by atoms with van der Waals surface area (Å²) in [6.45, 7) is 6.34. The van der Waals surface area contributed by atoms with E-state index in [0.717, 1.165) is 12.8 Å². The summed E-state index contributed by atoms with van der Waals surface area (Å²) >= 11 is 0. The molecule has 2 N–H and O–H groups in total. The Morgan fingerprint density at radius 1 is 1.33 bits per heavy atom. The Bertz CT molecular complexity index is 773. The molecule has 3 heterocycles. The number of hydrogen-bond donors (Lipinski definition) is 2. The fourth-order valence-electron chi connectivity index (χ4n) is 3.21. The number of nitrogens with zero attached hydrogens (tertiary/aromatic N) is 5. The van der Waals surface area contributed by atoms with E-state index < -0.39 is 0 Å². The molecule has 1 saturated heterocycles. The quantitative estimate of drug-likeness (QED) is 0.836. The summed E-state index contributed by atoms with van der Waals surface area (Å²) in [6.07, 6.45) is 3.21. The van der Waals surface area contributed by atoms with Crippen molar-refractivity contribution in [1.82, 2.24) is 30.0 Å². The molecule has 0 bridgehead atoms. The van der Waals surface area contributed by atoms with Crippen LogP contribution in [0.4, 0.5) is 10.7 Å². The van der Waals surface area contributed by atoms with E-state index in [-0.39, 0.29) is 23.8 Å². The number of hydrogen-bond acceptors (Lipinski definition) is 5. The number of aromatic amines is 1. The number of rotatable bonds is 5. The number of carbonyl (C=O) groups excluding carboxylic acids is 2. The van der Waals surface area contributed by atoms with Crippen LogP contribution in [-0.2, 0) is 4.79 Å². The molecule has 3 rings (SSSR count). The number of urea groups is 1. The van der Waals surface area contributed by atoms with E-state index in [4.69, 9.17) is 0 Å². The highest BCUT2D eigenvalue weighted by Gasteiger charge is 2.30. The van der Waals surface area contributed by atoms with Crippen LogP contribution >= 0.6 is 0 Å². The number of anilines is 1. The van der Waals surface area contributed by atoms with Crippen molar-refractivity contribution in [2.45, 2.75) is 26.7 Å². The predicted molar refractivity (Wildman–Crippen MR) is 101 cm³/mol. The molecule has 1 aliphatic heterocycles. The molecule has 9 nitrogen and oxygen atoms in total. The third kappa shape index (κ3) is 4.42. The average Bonchev–Trinajstić information content (AvgIpc) is 3.18. The van der Waals surface area contributed by atoms with Gasteiger partial charge in [0, 0.05) is 32.4 Å². The lowest BCUT2D eigenvalue weighted by atomic mass is 9.97. The highest BCUT2D eigenvalue weighted by molar-refractivity contribution is 5.91. The number of amides is 3. The van der Waals surface area contributed by atoms with E-state index in [2.05, 4.69) is 25.5 Å². The van der Waals surface area contributed by atoms with Gasteiger partial charge in [-0.25, -0.2) is 4.79 Å². The molecule has 1 atom stereocenters. The fourth-order valence-corrected chi connectivity index (χ4v) is 3.21. The summed E-state index contributed by atoms with van der Waals surface area (Å²) in [7, 11) is 0. The number of aromatic nitrogens is 4. The Kier molecular flexibility index (Phi) is 6.00. The molecule has 1 fully saturated rings. The van der Waals surface area contributed by atoms with Crippen molar-refractivity contribution in [3.05, 3.63) is 24.4 Å². The zero-order valence-electron chi connectivity index (χ0n) is 15.7. The Morgan fingerprint density at radius 3 is 2.85 bits per heavy atom. The van der Waals surface area contributed by atoms with Crippen LogP contribution in [0.3, 0.4) is 0 Å². The lowest BCUT2D eigenvalue weighted by molar-refractivity contribution is -0.121. The Balaban J connectivity index is 1.61. The second kappa shape index (κ2) is 8.61. The Morgan fingerprint density at radius 2 is 2.15 bits per heavy atom. The lowest BCUT2D eigenvalue weighted by Crippen LogP contribution is -2.49. The van der Waals surface area contributed by atoms with Crippen LogP contribution < -0.4 is 5.32 Å². The first-order chi connectivity index (χ1) is 13.1. The van der Waals surface area contributed by atoms with Crippen molar-refractivity contribution in [1.29, 1.82) is 0 Å². The van der Waals surface area contributed by atoms with Crippen LogP contribution in [0, 0.1) is 5.92 Å². The molecule has 0 radical (unpaired) electrons. The van der Waals surface area contributed by atoms with E-state index >= 15 is 0 Å². The van der Waals surface area contributed by atoms with Crippen LogP contribution in [-0.4, -0.2) is 68.1 Å². The first kappa shape index (κ1) is 18.8. The van der Waals surface area contributed by atoms with Crippen LogP contribution in [0.5, 0.6) is 0 Å². The first-order valence-corrected chi connectivity index (χ1v) is 9.30. The molecule has 0 unspecified atom stereocenters. The van der Waals surface area contributed by atoms with Gasteiger partial charge in [-0.15, -0.1) is 5.10 Å². The first-order valence-electron chi connectivity index (χ1n) is 9.30. The van der Waals surface area contributed by atoms with Crippen molar-refractivity contribution < 1.29 is 9.59 Å². The smallest absolute Gasteiger partial charge is 0.320 e. The maximum Gasteiger partial charge on any atom is 0.320 e. The number of likely N-dealkylation sites (tertiary alicyclic amines) is 1. The summed E-state index contributed by atoms with van der Waals surface area (Å²) in [5, 5.41) is 9.56. The Labute approximate surface area is 158 Å². The van der Waals surface area contributed by atoms with Crippen molar-refractivity contribution >= 4 is 17.9 Å². The van der Waals surface area contributed by atoms with E-state index in [1.165, 1.54) is 0 Å². The second-order valence-electron chi connectivity index (χ2n) is 6.45. The summed E-state index contributed by atoms with van der Waals surface area (Å²) in [6, 6.07) is 5.47. The number of pyridine rings is 1. The minimum Gasteiger partial charge on any atom is -0.325 e. The zero-order chi connectivity index (χ0) is 19.2. The van der Waals surface area contributed by atoms with Gasteiger partial charge in [0.25, 0.3) is 0 Å². The molecule has 1 aliphatic rings. The molecule has 0 aliphatic carbocycles. The fraction of sp³-hybridized carbons (Fsp3) is 0.500. The van der Waals surface area contributed by atoms with Crippen LogP contribution in [0.1, 0.15) is 26.7 Å². The summed E-state index contributed by atoms with van der Waals surface area (Å²) < 4.78 is 0. The van der Waals surface area contributed by atoms with Crippen molar-refractivity contribution in [3.8, 4) is 11.5 Å². The molecule has 0 spiro atoms. The summed E-state index contributed by atoms with van der Waals surface area (Å²) in [5.74, 6) is 0.273. The van der Waals surface area contributed by atoms with Crippen LogP contribution in [0.25, 0.3) is 11.5 Å². The van der Waals surface area contributed by atoms with Crippen molar-refractivity contribution in [2.75, 3.05) is 31.5 Å². The van der Waals surface area contributed by atoms with Gasteiger partial charge in [-0.1, -0.05) is 6.07 Å². The van der Waals surface area contributed by atoms with Crippen LogP contribution in [0.2, 0.25) is 0 Å². The van der Waals surface area contributed by atoms with E-state index in [1.54, 1.807) is 16.0 Å². The highest BCUT2D eigenvalue weighted by Crippen LogP contribution is 2.20. The summed E-state index contributed by atoms with van der Waals surface area (Å²) in [4.78, 5) is 37.2. The average molecular weight is 371 g/mol. The number of carbonyl (C=O) groups is 2. The van der Waals surface area contributed by atoms with Gasteiger partial charge in [-0.3, -0.25) is 20.2 Å². The Hall–Kier alpha value is -2.97. The monoisotopic (exact) mass is 371 g/mol. The molecule has 2 aromatic heterocycles. The van der Waals surface area contributed by atoms with Crippen molar-refractivity contribution in [2.24, 2.45) is 5.92 Å². The highest BCUT2D eigenvalue weighted by atomic mass is 16.2. The van der Waals surface area contributed by atoms with E-state index in [0.29, 0.717) is 37.7 Å². The maximum atomic E-state index is 12.6. The lowest BCUT2D eigenvalue weighted by Gasteiger charge is -2.35. The molecule has 0 aromatic carbocycles. The van der Waals surface area contributed by atoms with Gasteiger partial charge in [0.1, 0.15) is 5.69 Å². The molecular formula is C18H25N7O2. The van der Waals surface area contributed by atoms with Gasteiger partial charge in [0.2, 0.25) is 11.9 Å². The number of piperidine rings is 1. The minimum atomic E-state index is -0.268. The second-order valence-corrected chi connectivity index (χ2v) is 6.45. The third-order valence-corrected chi connectivity index (χ3v) is 4.72. The molecule has 144 valence electrons. The van der Waals surface area contributed by atoms with Gasteiger partial charge in [0.15, 0.2) is 5.82 Å². The van der Waals surface area contributed by atoms with Crippen molar-refractivity contribution in [3.63, 3.8) is 0 Å². The largest absolute Gasteiger partial charge is 0.325 e. The standard InChI is InChI=1S/C18H25N7O2/c1-3-24(4-2)18(27)25-11-7-8-13(12-25)16(26)21-17-20-15(22-23-17)14-9-5-6-10-19-14/h5-6,9-10,13H,3-4,7-8,11-12H2,1-2H3,(H2,20,21,22,23,26)/t13-/m1/s1. The molecule has 27 heavy (non-hydrogen) atoms. The van der Waals surface area contributed by atoms with Gasteiger partial charge in [-0.05, 0) is 38.8 Å². The molecule has 9 heteroatoms. The van der Waals surface area contributed by atoms with Gasteiger partial charge < -0.3 is 9.80 Å². The summed E-state index contributed by atoms with van der Waals surface area (Å²) in [5.41, 5.74) is 0.652. The van der Waals surface area contributed by atoms with Gasteiger partial charge in [0.05, 0.1) is 5.92 Å². The number of nitrogens with one attached hydrogen (secondary N) is 2. The number of H-pyrrole nitrogens is 1. The minimum absolute atomic E-state index is 0.00664. The van der Waals surface area contributed by atoms with E-state index in [1.807, 2.05) is 32.0 Å². The SMILES string of the molecule is CCN(CC)C(=O)N1CCC[C@@H](C(=O)Nc2n[nH]c(-c3ccccn3)n2)C1. The van der Waals surface area contributed by atoms with Gasteiger partial charge in [-0.2, -0.15) is 4.98 Å². The van der Waals surface area contributed by atoms with Gasteiger partial charge >= 0.3 is 6.03 Å². The third-order valence-electron chi connectivity index (χ3n) is 4.72. The normalized spacial score (nSPS) is 16.8. The molecule has 2 aromatic rings.